The molecule has 1 fully saturated rings. The molecule has 8 atom stereocenters. The zero-order valence-electron chi connectivity index (χ0n) is 68.8. The Balaban J connectivity index is 1.20. The first-order chi connectivity index (χ1) is 54.6. The van der Waals surface area contributed by atoms with Crippen molar-refractivity contribution < 1.29 is 105 Å². The Bertz CT molecular complexity index is 3120. The van der Waals surface area contributed by atoms with Crippen molar-refractivity contribution in [3.05, 3.63) is 41.2 Å². The highest BCUT2D eigenvalue weighted by Gasteiger charge is 2.49. The SMILES string of the molecule is CC(C)[C@H](NC(=O)[C@@H](CCCCNC(=O)COC1CCCC(N(CCCCC(=O)Nc2ccc(COC(=O)N(C)[C@H](C(N)=O)C(C)C)cc2)C(N)=O)C/C(NCCOCCOCCOCCOCCC(=O)NCC[N+](C)(C)C)=C\1N)NC(=O)CCOCCOCCOCCOCCNC(=O)OC[C@@H]1[C@@H]2CCC#CCC[C@@H]21)C(N)=O. The van der Waals surface area contributed by atoms with Crippen LogP contribution in [0.3, 0.4) is 0 Å². The fourth-order valence-corrected chi connectivity index (χ4v) is 13.0. The van der Waals surface area contributed by atoms with Gasteiger partial charge in [0.2, 0.25) is 41.4 Å². The molecule has 646 valence electrons. The molecule has 1 aromatic carbocycles. The number of primary amides is 3. The van der Waals surface area contributed by atoms with E-state index in [0.29, 0.717) is 184 Å². The molecule has 2 unspecified atom stereocenters. The van der Waals surface area contributed by atoms with Gasteiger partial charge in [0.05, 0.1) is 158 Å². The summed E-state index contributed by atoms with van der Waals surface area (Å²) in [5.41, 5.74) is 26.2. The number of hydrogen-bond acceptors (Lipinski definition) is 23. The number of carbonyl (C=O) groups excluding carboxylic acids is 10. The second-order valence-corrected chi connectivity index (χ2v) is 30.2. The van der Waals surface area contributed by atoms with Crippen molar-refractivity contribution in [1.82, 2.24) is 41.7 Å². The van der Waals surface area contributed by atoms with Crippen molar-refractivity contribution in [1.29, 1.82) is 0 Å². The van der Waals surface area contributed by atoms with Crippen LogP contribution < -0.4 is 60.2 Å². The highest BCUT2D eigenvalue weighted by molar-refractivity contribution is 5.92. The monoisotopic (exact) mass is 1620 g/mol. The molecule has 3 aliphatic carbocycles. The summed E-state index contributed by atoms with van der Waals surface area (Å²) in [4.78, 5) is 130. The summed E-state index contributed by atoms with van der Waals surface area (Å²) in [7, 11) is 7.64. The minimum atomic E-state index is -1.03. The fraction of sp³-hybridized carbons (Fsp3) is 0.747. The molecular weight excluding hydrogens is 1480 g/mol. The number of ether oxygens (including phenoxy) is 11. The Hall–Kier alpha value is -8.18. The number of amides is 11. The minimum Gasteiger partial charge on any atom is -0.449 e. The number of nitrogens with two attached hydrogens (primary N) is 4. The predicted octanol–water partition coefficient (Wildman–Crippen LogP) is 2.64. The van der Waals surface area contributed by atoms with Crippen LogP contribution in [0.25, 0.3) is 0 Å². The summed E-state index contributed by atoms with van der Waals surface area (Å²) < 4.78 is 62.8. The van der Waals surface area contributed by atoms with E-state index in [2.05, 4.69) is 70.2 Å². The van der Waals surface area contributed by atoms with Gasteiger partial charge in [0.25, 0.3) is 0 Å². The quantitative estimate of drug-likeness (QED) is 0.0254. The number of rotatable bonds is 61. The first-order valence-corrected chi connectivity index (χ1v) is 40.3. The second kappa shape index (κ2) is 57.0. The molecule has 1 aromatic rings. The Labute approximate surface area is 673 Å². The molecule has 0 aromatic heterocycles. The Morgan fingerprint density at radius 3 is 1.68 bits per heavy atom. The molecule has 0 spiro atoms. The summed E-state index contributed by atoms with van der Waals surface area (Å²) in [6.45, 7) is 14.2. The molecule has 0 bridgehead atoms. The van der Waals surface area contributed by atoms with Gasteiger partial charge in [-0.1, -0.05) is 39.8 Å². The van der Waals surface area contributed by atoms with Crippen molar-refractivity contribution in [3.63, 3.8) is 0 Å². The molecule has 4 rings (SSSR count). The van der Waals surface area contributed by atoms with Crippen LogP contribution >= 0.6 is 0 Å². The topological polar surface area (TPSA) is 467 Å². The average molecular weight is 1620 g/mol. The van der Waals surface area contributed by atoms with E-state index in [1.165, 1.54) is 11.9 Å². The van der Waals surface area contributed by atoms with Crippen LogP contribution in [0.4, 0.5) is 20.1 Å². The molecule has 0 heterocycles. The van der Waals surface area contributed by atoms with E-state index in [1.54, 1.807) is 56.9 Å². The van der Waals surface area contributed by atoms with Crippen LogP contribution in [0.2, 0.25) is 0 Å². The number of hydrogen-bond donors (Lipinski definition) is 11. The van der Waals surface area contributed by atoms with Crippen LogP contribution in [0, 0.1) is 41.4 Å². The van der Waals surface area contributed by atoms with Gasteiger partial charge in [-0.15, -0.1) is 11.8 Å². The maximum absolute atomic E-state index is 13.6. The largest absolute Gasteiger partial charge is 0.449 e. The summed E-state index contributed by atoms with van der Waals surface area (Å²) in [5.74, 6) is 4.38. The first kappa shape index (κ1) is 98.2. The summed E-state index contributed by atoms with van der Waals surface area (Å²) in [6.07, 6.45) is 6.07. The van der Waals surface area contributed by atoms with Gasteiger partial charge >= 0.3 is 18.2 Å². The molecule has 35 nitrogen and oxygen atoms in total. The summed E-state index contributed by atoms with van der Waals surface area (Å²) in [6, 6.07) is 2.90. The number of unbranched alkanes of at least 4 members (excludes halogenated alkanes) is 2. The van der Waals surface area contributed by atoms with Crippen LogP contribution in [-0.2, 0) is 92.3 Å². The van der Waals surface area contributed by atoms with Gasteiger partial charge in [-0.25, -0.2) is 14.4 Å². The number of nitrogens with zero attached hydrogens (tertiary/aromatic N) is 3. The molecule has 35 heteroatoms. The number of benzene rings is 1. The average Bonchev–Trinajstić information content (AvgIpc) is 1.63. The molecule has 1 saturated carbocycles. The highest BCUT2D eigenvalue weighted by Crippen LogP contribution is 2.52. The Kier molecular flexibility index (Phi) is 49.1. The molecule has 0 radical (unpaired) electrons. The van der Waals surface area contributed by atoms with Crippen LogP contribution in [0.5, 0.6) is 0 Å². The zero-order chi connectivity index (χ0) is 83.5. The molecule has 0 saturated heterocycles. The Morgan fingerprint density at radius 1 is 0.570 bits per heavy atom. The smallest absolute Gasteiger partial charge is 0.410 e. The highest BCUT2D eigenvalue weighted by atomic mass is 16.6. The summed E-state index contributed by atoms with van der Waals surface area (Å²) in [5, 5.41) is 20.2. The van der Waals surface area contributed by atoms with Gasteiger partial charge < -0.3 is 122 Å². The van der Waals surface area contributed by atoms with E-state index >= 15 is 0 Å². The standard InChI is InChI=1S/C79H134N14O21/c1-56(2)72(74(81)98)90-76(100)64(89-69(96)29-37-105-41-45-109-49-51-111-47-43-107-39-33-87-78(102)113-54-63-61-19-11-9-10-12-20-62(61)63)21-13-15-30-85-70(97)55-112-66-22-17-18-60(52-65(71(66)80)84-32-38-106-42-46-110-50-48-108-44-40-104-36-28-67(94)86-31-35-93(6,7)8)92(77(83)101)34-16-14-23-68(95)88-59-26-24-58(25-27-59)53-114-79(103)91(5)73(57(3)4)75(82)99/h24-27,56-57,60-64,66,72-73,84H,11-23,28-55,80H2,1-8H3,(H11-,81,82,83,85,86,87,88,89,90,94,95,96,97,98,99,100,101,102)/p+1/b71-65-/t60?,61-,62+,63-,64-,66?,72+,73+/m1/s1. The van der Waals surface area contributed by atoms with E-state index in [-0.39, 0.29) is 115 Å². The van der Waals surface area contributed by atoms with Gasteiger partial charge in [-0.3, -0.25) is 38.5 Å². The zero-order valence-corrected chi connectivity index (χ0v) is 68.8. The Morgan fingerprint density at radius 2 is 1.13 bits per heavy atom. The van der Waals surface area contributed by atoms with Crippen molar-refractivity contribution in [2.24, 2.45) is 52.5 Å². The number of urea groups is 1. The number of carbonyl (C=O) groups is 10. The fourth-order valence-electron chi connectivity index (χ4n) is 13.0. The summed E-state index contributed by atoms with van der Waals surface area (Å²) >= 11 is 0. The first-order valence-electron chi connectivity index (χ1n) is 40.3. The minimum absolute atomic E-state index is 0.0469. The number of quaternary nitrogens is 1. The van der Waals surface area contributed by atoms with Gasteiger partial charge in [0.1, 0.15) is 31.3 Å². The van der Waals surface area contributed by atoms with E-state index in [0.717, 1.165) is 36.7 Å². The van der Waals surface area contributed by atoms with Crippen LogP contribution in [0.1, 0.15) is 136 Å². The van der Waals surface area contributed by atoms with Gasteiger partial charge in [0.15, 0.2) is 0 Å². The van der Waals surface area contributed by atoms with E-state index < -0.39 is 78.0 Å². The van der Waals surface area contributed by atoms with E-state index in [1.807, 2.05) is 0 Å². The number of fused-ring (bicyclic) bond motifs is 1. The lowest BCUT2D eigenvalue weighted by Gasteiger charge is -2.35. The van der Waals surface area contributed by atoms with E-state index in [4.69, 9.17) is 75.0 Å². The third-order valence-electron chi connectivity index (χ3n) is 19.4. The number of alkyl carbamates (subject to hydrolysis) is 1. The lowest BCUT2D eigenvalue weighted by atomic mass is 9.94. The lowest BCUT2D eigenvalue weighted by Crippen LogP contribution is -2.54. The molecule has 3 aliphatic rings. The number of anilines is 1. The molecule has 0 aliphatic heterocycles. The third kappa shape index (κ3) is 43.0. The number of likely N-dealkylation sites (N-methyl/N-ethyl adjacent to an activating group) is 2. The van der Waals surface area contributed by atoms with Crippen molar-refractivity contribution in [2.45, 2.75) is 167 Å². The third-order valence-corrected chi connectivity index (χ3v) is 19.4. The maximum atomic E-state index is 13.6. The lowest BCUT2D eigenvalue weighted by molar-refractivity contribution is -0.869. The molecule has 11 amide bonds. The van der Waals surface area contributed by atoms with E-state index in [9.17, 15) is 47.9 Å². The van der Waals surface area contributed by atoms with Crippen LogP contribution in [-0.4, -0.2) is 291 Å². The van der Waals surface area contributed by atoms with Crippen molar-refractivity contribution in [2.75, 3.05) is 192 Å². The molecular formula is C79H135N14O21+. The maximum Gasteiger partial charge on any atom is 0.410 e. The predicted molar refractivity (Wildman–Crippen MR) is 425 cm³/mol. The van der Waals surface area contributed by atoms with Gasteiger partial charge in [-0.05, 0) is 111 Å². The van der Waals surface area contributed by atoms with Crippen molar-refractivity contribution >= 4 is 65.3 Å². The van der Waals surface area contributed by atoms with Gasteiger partial charge in [0, 0.05) is 89.2 Å². The second-order valence-electron chi connectivity index (χ2n) is 30.2. The number of nitrogens with one attached hydrogen (secondary N) is 7. The van der Waals surface area contributed by atoms with Crippen molar-refractivity contribution in [3.8, 4) is 11.8 Å². The normalized spacial score (nSPS) is 18.1. The molecule has 15 N–H and O–H groups in total. The molecule has 114 heavy (non-hydrogen) atoms. The van der Waals surface area contributed by atoms with Gasteiger partial charge in [-0.2, -0.15) is 0 Å². The van der Waals surface area contributed by atoms with Crippen LogP contribution in [0.15, 0.2) is 35.7 Å².